The highest BCUT2D eigenvalue weighted by Crippen LogP contribution is 2.38. The van der Waals surface area contributed by atoms with Gasteiger partial charge in [0.2, 0.25) is 0 Å². The summed E-state index contributed by atoms with van der Waals surface area (Å²) < 4.78 is 10.5. The Kier molecular flexibility index (Phi) is 4.88. The summed E-state index contributed by atoms with van der Waals surface area (Å²) in [6, 6.07) is 5.90. The summed E-state index contributed by atoms with van der Waals surface area (Å²) in [7, 11) is 3.34. The van der Waals surface area contributed by atoms with Gasteiger partial charge in [0, 0.05) is 24.8 Å². The average Bonchev–Trinajstić information content (AvgIpc) is 2.50. The number of hydrogen-bond donors (Lipinski definition) is 2. The minimum Gasteiger partial charge on any atom is -0.497 e. The highest BCUT2D eigenvalue weighted by molar-refractivity contribution is 5.87. The third-order valence-electron chi connectivity index (χ3n) is 3.83. The maximum atomic E-state index is 6.23. The van der Waals surface area contributed by atoms with Crippen LogP contribution >= 0.6 is 0 Å². The normalized spacial score (nSPS) is 12.2. The van der Waals surface area contributed by atoms with E-state index in [1.54, 1.807) is 20.4 Å². The molecule has 1 aromatic carbocycles. The van der Waals surface area contributed by atoms with Crippen LogP contribution in [-0.2, 0) is 4.74 Å². The molecule has 2 aromatic rings. The van der Waals surface area contributed by atoms with Crippen LogP contribution in [0.1, 0.15) is 24.0 Å². The number of methoxy groups -OCH3 is 2. The van der Waals surface area contributed by atoms with E-state index in [1.165, 1.54) is 0 Å². The van der Waals surface area contributed by atoms with E-state index < -0.39 is 0 Å². The van der Waals surface area contributed by atoms with Gasteiger partial charge in [-0.1, -0.05) is 13.0 Å². The Balaban J connectivity index is 2.64. The van der Waals surface area contributed by atoms with E-state index in [0.717, 1.165) is 28.0 Å². The van der Waals surface area contributed by atoms with Crippen LogP contribution in [0.5, 0.6) is 5.75 Å². The van der Waals surface area contributed by atoms with Crippen LogP contribution in [0.4, 0.5) is 11.5 Å². The van der Waals surface area contributed by atoms with Crippen molar-refractivity contribution in [3.8, 4) is 16.9 Å². The molecular formula is C17H23N3O2. The predicted molar refractivity (Wildman–Crippen MR) is 90.1 cm³/mol. The van der Waals surface area contributed by atoms with Crippen LogP contribution in [0.25, 0.3) is 11.1 Å². The van der Waals surface area contributed by atoms with Gasteiger partial charge in [-0.2, -0.15) is 0 Å². The number of aromatic nitrogens is 1. The fraction of sp³-hybridized carbons (Fsp3) is 0.353. The maximum Gasteiger partial charge on any atom is 0.147 e. The lowest BCUT2D eigenvalue weighted by molar-refractivity contribution is 0.184. The minimum absolute atomic E-state index is 0.164. The van der Waals surface area contributed by atoms with E-state index in [4.69, 9.17) is 20.9 Å². The second-order valence-corrected chi connectivity index (χ2v) is 5.42. The first-order valence-corrected chi connectivity index (χ1v) is 7.17. The van der Waals surface area contributed by atoms with Gasteiger partial charge < -0.3 is 20.9 Å². The lowest BCUT2D eigenvalue weighted by Crippen LogP contribution is -2.09. The minimum atomic E-state index is 0.164. The summed E-state index contributed by atoms with van der Waals surface area (Å²) in [4.78, 5) is 4.20. The van der Waals surface area contributed by atoms with E-state index in [1.807, 2.05) is 25.1 Å². The number of aryl methyl sites for hydroxylation is 1. The molecule has 22 heavy (non-hydrogen) atoms. The van der Waals surface area contributed by atoms with Crippen molar-refractivity contribution in [2.45, 2.75) is 19.8 Å². The zero-order chi connectivity index (χ0) is 16.3. The molecule has 118 valence electrons. The molecule has 0 fully saturated rings. The molecule has 1 heterocycles. The van der Waals surface area contributed by atoms with Gasteiger partial charge in [0.25, 0.3) is 0 Å². The predicted octanol–water partition coefficient (Wildman–Crippen LogP) is 2.98. The lowest BCUT2D eigenvalue weighted by atomic mass is 9.90. The van der Waals surface area contributed by atoms with Crippen LogP contribution in [0.2, 0.25) is 0 Å². The third-order valence-corrected chi connectivity index (χ3v) is 3.83. The van der Waals surface area contributed by atoms with Crippen molar-refractivity contribution in [2.24, 2.45) is 0 Å². The van der Waals surface area contributed by atoms with E-state index in [2.05, 4.69) is 11.9 Å². The van der Waals surface area contributed by atoms with Gasteiger partial charge in [-0.15, -0.1) is 0 Å². The number of nitrogen functional groups attached to an aromatic ring is 2. The quantitative estimate of drug-likeness (QED) is 0.887. The Bertz CT molecular complexity index is 671. The van der Waals surface area contributed by atoms with E-state index in [9.17, 15) is 0 Å². The monoisotopic (exact) mass is 301 g/mol. The summed E-state index contributed by atoms with van der Waals surface area (Å²) >= 11 is 0. The molecular weight excluding hydrogens is 278 g/mol. The molecule has 0 aliphatic carbocycles. The number of anilines is 2. The van der Waals surface area contributed by atoms with E-state index in [0.29, 0.717) is 18.1 Å². The van der Waals surface area contributed by atoms with Crippen molar-refractivity contribution >= 4 is 11.5 Å². The largest absolute Gasteiger partial charge is 0.497 e. The zero-order valence-corrected chi connectivity index (χ0v) is 13.5. The first-order valence-electron chi connectivity index (χ1n) is 7.17. The molecule has 4 N–H and O–H groups in total. The molecule has 0 saturated heterocycles. The Morgan fingerprint density at radius 3 is 2.55 bits per heavy atom. The summed E-state index contributed by atoms with van der Waals surface area (Å²) in [5.74, 6) is 1.32. The topological polar surface area (TPSA) is 83.4 Å². The van der Waals surface area contributed by atoms with Crippen LogP contribution < -0.4 is 16.2 Å². The summed E-state index contributed by atoms with van der Waals surface area (Å²) in [6.07, 6.45) is 1.79. The van der Waals surface area contributed by atoms with Crippen molar-refractivity contribution < 1.29 is 9.47 Å². The number of ether oxygens (including phenoxy) is 2. The Hall–Kier alpha value is -2.27. The van der Waals surface area contributed by atoms with Gasteiger partial charge in [-0.3, -0.25) is 0 Å². The number of hydrogen-bond acceptors (Lipinski definition) is 5. The standard InChI is InChI=1S/C17H23N3O2/c1-10-7-12(22-4)5-6-13(10)15-14(11(2)9-21-3)8-20-17(19)16(15)18/h5-8,11H,9,18H2,1-4H3,(H2,19,20). The van der Waals surface area contributed by atoms with Crippen molar-refractivity contribution in [1.82, 2.24) is 4.98 Å². The summed E-state index contributed by atoms with van der Waals surface area (Å²) in [5, 5.41) is 0. The van der Waals surface area contributed by atoms with E-state index in [-0.39, 0.29) is 5.92 Å². The molecule has 0 bridgehead atoms. The molecule has 5 heteroatoms. The fourth-order valence-electron chi connectivity index (χ4n) is 2.61. The van der Waals surface area contributed by atoms with Gasteiger partial charge in [-0.05, 0) is 35.7 Å². The molecule has 1 aromatic heterocycles. The zero-order valence-electron chi connectivity index (χ0n) is 13.5. The van der Waals surface area contributed by atoms with Crippen LogP contribution in [0, 0.1) is 6.92 Å². The SMILES string of the molecule is COCC(C)c1cnc(N)c(N)c1-c1ccc(OC)cc1C. The first kappa shape index (κ1) is 16.1. The number of benzene rings is 1. The lowest BCUT2D eigenvalue weighted by Gasteiger charge is -2.20. The molecule has 2 rings (SSSR count). The Morgan fingerprint density at radius 2 is 1.95 bits per heavy atom. The van der Waals surface area contributed by atoms with Gasteiger partial charge >= 0.3 is 0 Å². The van der Waals surface area contributed by atoms with Gasteiger partial charge in [0.15, 0.2) is 0 Å². The van der Waals surface area contributed by atoms with Crippen molar-refractivity contribution in [1.29, 1.82) is 0 Å². The molecule has 1 unspecified atom stereocenters. The smallest absolute Gasteiger partial charge is 0.147 e. The molecule has 1 atom stereocenters. The molecule has 0 radical (unpaired) electrons. The van der Waals surface area contributed by atoms with E-state index >= 15 is 0 Å². The second kappa shape index (κ2) is 6.66. The first-order chi connectivity index (χ1) is 10.5. The maximum absolute atomic E-state index is 6.23. The highest BCUT2D eigenvalue weighted by atomic mass is 16.5. The number of nitrogens with zero attached hydrogens (tertiary/aromatic N) is 1. The van der Waals surface area contributed by atoms with Gasteiger partial charge in [0.1, 0.15) is 11.6 Å². The molecule has 0 spiro atoms. The number of rotatable bonds is 5. The molecule has 0 amide bonds. The Morgan fingerprint density at radius 1 is 1.23 bits per heavy atom. The fourth-order valence-corrected chi connectivity index (χ4v) is 2.61. The van der Waals surface area contributed by atoms with Crippen molar-refractivity contribution in [2.75, 3.05) is 32.3 Å². The van der Waals surface area contributed by atoms with Crippen molar-refractivity contribution in [3.63, 3.8) is 0 Å². The van der Waals surface area contributed by atoms with Crippen molar-refractivity contribution in [3.05, 3.63) is 35.5 Å². The van der Waals surface area contributed by atoms with Crippen LogP contribution in [0.15, 0.2) is 24.4 Å². The van der Waals surface area contributed by atoms with Crippen LogP contribution in [-0.4, -0.2) is 25.8 Å². The van der Waals surface area contributed by atoms with Gasteiger partial charge in [0.05, 0.1) is 19.4 Å². The van der Waals surface area contributed by atoms with Gasteiger partial charge in [-0.25, -0.2) is 4.98 Å². The Labute approximate surface area is 131 Å². The summed E-state index contributed by atoms with van der Waals surface area (Å²) in [6.45, 7) is 4.70. The number of pyridine rings is 1. The highest BCUT2D eigenvalue weighted by Gasteiger charge is 2.19. The number of nitrogens with two attached hydrogens (primary N) is 2. The average molecular weight is 301 g/mol. The summed E-state index contributed by atoms with van der Waals surface area (Å²) in [5.41, 5.74) is 16.7. The molecule has 0 aliphatic rings. The molecule has 0 saturated carbocycles. The molecule has 0 aliphatic heterocycles. The van der Waals surface area contributed by atoms with Crippen LogP contribution in [0.3, 0.4) is 0 Å². The second-order valence-electron chi connectivity index (χ2n) is 5.42. The molecule has 5 nitrogen and oxygen atoms in total. The third kappa shape index (κ3) is 2.99.